The Labute approximate surface area is 167 Å². The van der Waals surface area contributed by atoms with Crippen LogP contribution in [0.5, 0.6) is 0 Å². The highest BCUT2D eigenvalue weighted by atomic mass is 35.5. The van der Waals surface area contributed by atoms with Crippen LogP contribution in [0.1, 0.15) is 17.9 Å². The normalized spacial score (nSPS) is 12.5. The number of nitrogens with zero attached hydrogens (tertiary/aromatic N) is 4. The third-order valence-corrected chi connectivity index (χ3v) is 4.68. The van der Waals surface area contributed by atoms with E-state index in [9.17, 15) is 0 Å². The Morgan fingerprint density at radius 1 is 1.19 bits per heavy atom. The van der Waals surface area contributed by atoms with E-state index in [1.807, 2.05) is 19.9 Å². The molecule has 7 nitrogen and oxygen atoms in total. The molecule has 27 heavy (non-hydrogen) atoms. The van der Waals surface area contributed by atoms with Gasteiger partial charge in [0.15, 0.2) is 5.65 Å². The number of hydrogen-bond donors (Lipinski definition) is 1. The first-order valence-corrected chi connectivity index (χ1v) is 9.17. The molecular formula is C18H21Cl2N5O2. The molecule has 2 aromatic heterocycles. The Balaban J connectivity index is 2.11. The van der Waals surface area contributed by atoms with E-state index in [-0.39, 0.29) is 6.23 Å². The van der Waals surface area contributed by atoms with Gasteiger partial charge in [0.2, 0.25) is 5.95 Å². The molecule has 0 saturated carbocycles. The quantitative estimate of drug-likeness (QED) is 0.591. The summed E-state index contributed by atoms with van der Waals surface area (Å²) in [6, 6.07) is 5.38. The zero-order valence-electron chi connectivity index (χ0n) is 15.6. The average Bonchev–Trinajstić information content (AvgIpc) is 2.94. The molecule has 144 valence electrons. The van der Waals surface area contributed by atoms with E-state index in [2.05, 4.69) is 20.4 Å². The van der Waals surface area contributed by atoms with Gasteiger partial charge in [0, 0.05) is 31.2 Å². The third-order valence-electron chi connectivity index (χ3n) is 4.13. The Bertz CT molecular complexity index is 961. The van der Waals surface area contributed by atoms with Crippen molar-refractivity contribution < 1.29 is 9.47 Å². The largest absolute Gasteiger partial charge is 0.385 e. The molecule has 3 rings (SSSR count). The summed E-state index contributed by atoms with van der Waals surface area (Å²) in [4.78, 5) is 9.07. The first-order valence-electron chi connectivity index (χ1n) is 8.42. The first kappa shape index (κ1) is 19.8. The topological polar surface area (TPSA) is 73.6 Å². The lowest BCUT2D eigenvalue weighted by molar-refractivity contribution is 0.0838. The molecule has 0 aliphatic heterocycles. The monoisotopic (exact) mass is 409 g/mol. The third kappa shape index (κ3) is 4.16. The van der Waals surface area contributed by atoms with Crippen molar-refractivity contribution >= 4 is 34.8 Å². The second-order valence-corrected chi connectivity index (χ2v) is 6.91. The van der Waals surface area contributed by atoms with E-state index in [0.29, 0.717) is 40.5 Å². The number of anilines is 1. The molecular weight excluding hydrogens is 389 g/mol. The van der Waals surface area contributed by atoms with Crippen molar-refractivity contribution in [3.05, 3.63) is 39.8 Å². The van der Waals surface area contributed by atoms with Crippen molar-refractivity contribution in [1.82, 2.24) is 19.6 Å². The molecule has 0 spiro atoms. The second kappa shape index (κ2) is 8.39. The highest BCUT2D eigenvalue weighted by molar-refractivity contribution is 6.36. The van der Waals surface area contributed by atoms with E-state index in [1.165, 1.54) is 0 Å². The van der Waals surface area contributed by atoms with Crippen LogP contribution in [0.2, 0.25) is 10.0 Å². The van der Waals surface area contributed by atoms with Crippen molar-refractivity contribution in [2.75, 3.05) is 26.1 Å². The maximum absolute atomic E-state index is 6.42. The second-order valence-electron chi connectivity index (χ2n) is 6.06. The van der Waals surface area contributed by atoms with Crippen molar-refractivity contribution in [1.29, 1.82) is 0 Å². The van der Waals surface area contributed by atoms with Gasteiger partial charge in [0.1, 0.15) is 12.1 Å². The van der Waals surface area contributed by atoms with Crippen molar-refractivity contribution in [2.24, 2.45) is 0 Å². The minimum Gasteiger partial charge on any atom is -0.385 e. The summed E-state index contributed by atoms with van der Waals surface area (Å²) < 4.78 is 12.3. The number of aromatic nitrogens is 4. The van der Waals surface area contributed by atoms with E-state index in [0.717, 1.165) is 16.8 Å². The SMILES string of the molecule is COCCC(Nc1nc(C)nc2c(-c3ccc(Cl)cc3Cl)c(C)nn12)OC. The molecule has 2 heterocycles. The van der Waals surface area contributed by atoms with Crippen LogP contribution >= 0.6 is 23.2 Å². The van der Waals surface area contributed by atoms with Gasteiger partial charge in [-0.1, -0.05) is 29.3 Å². The van der Waals surface area contributed by atoms with Crippen LogP contribution in [-0.2, 0) is 9.47 Å². The van der Waals surface area contributed by atoms with Gasteiger partial charge in [-0.25, -0.2) is 4.98 Å². The van der Waals surface area contributed by atoms with Gasteiger partial charge >= 0.3 is 0 Å². The fraction of sp³-hybridized carbons (Fsp3) is 0.389. The fourth-order valence-corrected chi connectivity index (χ4v) is 3.37. The minimum absolute atomic E-state index is 0.269. The van der Waals surface area contributed by atoms with Gasteiger partial charge in [0.25, 0.3) is 0 Å². The Morgan fingerprint density at radius 3 is 2.63 bits per heavy atom. The van der Waals surface area contributed by atoms with Crippen LogP contribution < -0.4 is 5.32 Å². The van der Waals surface area contributed by atoms with Crippen LogP contribution in [0.4, 0.5) is 5.95 Å². The number of methoxy groups -OCH3 is 2. The summed E-state index contributed by atoms with van der Waals surface area (Å²) in [6.45, 7) is 4.30. The van der Waals surface area contributed by atoms with Gasteiger partial charge < -0.3 is 14.8 Å². The molecule has 0 radical (unpaired) electrons. The molecule has 9 heteroatoms. The van der Waals surface area contributed by atoms with Crippen molar-refractivity contribution in [3.63, 3.8) is 0 Å². The fourth-order valence-electron chi connectivity index (χ4n) is 2.86. The molecule has 1 N–H and O–H groups in total. The Morgan fingerprint density at radius 2 is 1.96 bits per heavy atom. The summed E-state index contributed by atoms with van der Waals surface area (Å²) in [5, 5.41) is 8.99. The number of nitrogens with one attached hydrogen (secondary N) is 1. The summed E-state index contributed by atoms with van der Waals surface area (Å²) in [5.41, 5.74) is 3.11. The molecule has 0 bridgehead atoms. The lowest BCUT2D eigenvalue weighted by Gasteiger charge is -2.17. The van der Waals surface area contributed by atoms with E-state index >= 15 is 0 Å². The molecule has 0 amide bonds. The number of hydrogen-bond acceptors (Lipinski definition) is 6. The number of benzene rings is 1. The smallest absolute Gasteiger partial charge is 0.229 e. The van der Waals surface area contributed by atoms with Crippen LogP contribution in [0.15, 0.2) is 18.2 Å². The number of aryl methyl sites for hydroxylation is 2. The van der Waals surface area contributed by atoms with Crippen LogP contribution in [-0.4, -0.2) is 46.6 Å². The highest BCUT2D eigenvalue weighted by Gasteiger charge is 2.20. The Kier molecular flexibility index (Phi) is 6.16. The Hall–Kier alpha value is -1.93. The molecule has 1 aromatic carbocycles. The summed E-state index contributed by atoms with van der Waals surface area (Å²) in [7, 11) is 3.28. The maximum Gasteiger partial charge on any atom is 0.229 e. The van der Waals surface area contributed by atoms with Gasteiger partial charge in [-0.2, -0.15) is 14.6 Å². The molecule has 0 aliphatic rings. The molecule has 3 aromatic rings. The van der Waals surface area contributed by atoms with Crippen LogP contribution in [0.3, 0.4) is 0 Å². The average molecular weight is 410 g/mol. The lowest BCUT2D eigenvalue weighted by Crippen LogP contribution is -2.26. The number of ether oxygens (including phenoxy) is 2. The van der Waals surface area contributed by atoms with E-state index < -0.39 is 0 Å². The van der Waals surface area contributed by atoms with E-state index in [1.54, 1.807) is 30.9 Å². The minimum atomic E-state index is -0.269. The summed E-state index contributed by atoms with van der Waals surface area (Å²) in [5.74, 6) is 1.15. The predicted octanol–water partition coefficient (Wildman–Crippen LogP) is 4.14. The maximum atomic E-state index is 6.42. The standard InChI is InChI=1S/C18H21Cl2N5O2/c1-10-16(13-6-5-12(19)9-14(13)20)17-21-11(2)22-18(25(17)24-10)23-15(27-4)7-8-26-3/h5-6,9,15H,7-8H2,1-4H3,(H,21,22,23). The summed E-state index contributed by atoms with van der Waals surface area (Å²) >= 11 is 12.5. The molecule has 0 fully saturated rings. The molecule has 0 aliphatic carbocycles. The highest BCUT2D eigenvalue weighted by Crippen LogP contribution is 2.35. The zero-order chi connectivity index (χ0) is 19.6. The summed E-state index contributed by atoms with van der Waals surface area (Å²) in [6.07, 6.45) is 0.391. The first-order chi connectivity index (χ1) is 12.9. The van der Waals surface area contributed by atoms with Crippen molar-refractivity contribution in [3.8, 4) is 11.1 Å². The number of rotatable bonds is 7. The number of fused-ring (bicyclic) bond motifs is 1. The molecule has 0 saturated heterocycles. The molecule has 1 atom stereocenters. The van der Waals surface area contributed by atoms with Crippen LogP contribution in [0.25, 0.3) is 16.8 Å². The zero-order valence-corrected chi connectivity index (χ0v) is 17.1. The lowest BCUT2D eigenvalue weighted by atomic mass is 10.1. The van der Waals surface area contributed by atoms with Crippen LogP contribution in [0, 0.1) is 13.8 Å². The molecule has 1 unspecified atom stereocenters. The van der Waals surface area contributed by atoms with Gasteiger partial charge in [-0.3, -0.25) is 0 Å². The number of halogens is 2. The van der Waals surface area contributed by atoms with E-state index in [4.69, 9.17) is 32.7 Å². The van der Waals surface area contributed by atoms with Gasteiger partial charge in [-0.15, -0.1) is 0 Å². The van der Waals surface area contributed by atoms with Crippen molar-refractivity contribution in [2.45, 2.75) is 26.5 Å². The van der Waals surface area contributed by atoms with Gasteiger partial charge in [-0.05, 0) is 26.0 Å². The predicted molar refractivity (Wildman–Crippen MR) is 107 cm³/mol. The van der Waals surface area contributed by atoms with Gasteiger partial charge in [0.05, 0.1) is 22.9 Å².